The van der Waals surface area contributed by atoms with Crippen molar-refractivity contribution in [1.29, 1.82) is 0 Å². The standard InChI is InChI=1S/C11H16O.ClH.Zr/c1-11(2,3)8-9-6-4-5-7-10(9)12;;/h4-7,12H,8H2,1-3H3;1H;. The molecule has 0 atom stereocenters. The monoisotopic (exact) mass is 290 g/mol. The van der Waals surface area contributed by atoms with Crippen LogP contribution in [0.15, 0.2) is 24.3 Å². The molecular weight excluding hydrogens is 275 g/mol. The van der Waals surface area contributed by atoms with Crippen LogP contribution in [0.3, 0.4) is 0 Å². The van der Waals surface area contributed by atoms with Crippen molar-refractivity contribution in [3.63, 3.8) is 0 Å². The molecule has 0 amide bonds. The molecule has 0 saturated carbocycles. The number of benzene rings is 1. The summed E-state index contributed by atoms with van der Waals surface area (Å²) in [5.74, 6) is 0.410. The predicted octanol–water partition coefficient (Wildman–Crippen LogP) is 3.40. The third-order valence-electron chi connectivity index (χ3n) is 1.71. The Bertz CT molecular complexity index is 268. The maximum absolute atomic E-state index is 9.47. The molecule has 1 N–H and O–H groups in total. The van der Waals surface area contributed by atoms with E-state index in [1.165, 1.54) is 0 Å². The predicted molar refractivity (Wildman–Crippen MR) is 58.5 cm³/mol. The van der Waals surface area contributed by atoms with Gasteiger partial charge in [-0.05, 0) is 23.5 Å². The normalized spacial score (nSPS) is 9.93. The number of halogens is 1. The van der Waals surface area contributed by atoms with Crippen LogP contribution in [0.25, 0.3) is 0 Å². The number of hydrogen-bond donors (Lipinski definition) is 1. The van der Waals surface area contributed by atoms with Gasteiger partial charge in [0, 0.05) is 26.2 Å². The SMILES string of the molecule is CC(C)(C)Cc1ccccc1O.Cl.[Zr]. The van der Waals surface area contributed by atoms with Crippen LogP contribution >= 0.6 is 12.4 Å². The van der Waals surface area contributed by atoms with Gasteiger partial charge in [0.1, 0.15) is 5.75 Å². The molecule has 1 rings (SSSR count). The summed E-state index contributed by atoms with van der Waals surface area (Å²) in [4.78, 5) is 0. The summed E-state index contributed by atoms with van der Waals surface area (Å²) in [6, 6.07) is 7.52. The Balaban J connectivity index is 0. The van der Waals surface area contributed by atoms with E-state index in [0.717, 1.165) is 12.0 Å². The first-order chi connectivity index (χ1) is 5.49. The van der Waals surface area contributed by atoms with Gasteiger partial charge in [0.05, 0.1) is 0 Å². The molecule has 0 radical (unpaired) electrons. The van der Waals surface area contributed by atoms with Gasteiger partial charge in [0.25, 0.3) is 0 Å². The van der Waals surface area contributed by atoms with Gasteiger partial charge in [0.2, 0.25) is 0 Å². The Kier molecular flexibility index (Phi) is 7.88. The van der Waals surface area contributed by atoms with Gasteiger partial charge in [0.15, 0.2) is 0 Å². The average Bonchev–Trinajstić information content (AvgIpc) is 1.91. The molecule has 0 heterocycles. The molecule has 0 saturated heterocycles. The molecule has 14 heavy (non-hydrogen) atoms. The molecule has 3 heteroatoms. The fourth-order valence-electron chi connectivity index (χ4n) is 1.23. The van der Waals surface area contributed by atoms with Crippen molar-refractivity contribution in [2.24, 2.45) is 5.41 Å². The van der Waals surface area contributed by atoms with E-state index in [0.29, 0.717) is 5.75 Å². The average molecular weight is 292 g/mol. The first kappa shape index (κ1) is 16.6. The van der Waals surface area contributed by atoms with Crippen LogP contribution in [0.1, 0.15) is 26.3 Å². The molecule has 0 unspecified atom stereocenters. The second kappa shape index (κ2) is 6.64. The molecule has 78 valence electrons. The number of rotatable bonds is 1. The summed E-state index contributed by atoms with van der Waals surface area (Å²) in [5.41, 5.74) is 1.27. The van der Waals surface area contributed by atoms with Crippen molar-refractivity contribution in [3.8, 4) is 5.75 Å². The molecule has 0 aromatic heterocycles. The number of hydrogen-bond acceptors (Lipinski definition) is 1. The fraction of sp³-hybridized carbons (Fsp3) is 0.455. The minimum atomic E-state index is 0. The van der Waals surface area contributed by atoms with Gasteiger partial charge in [-0.1, -0.05) is 39.0 Å². The van der Waals surface area contributed by atoms with Crippen LogP contribution < -0.4 is 0 Å². The topological polar surface area (TPSA) is 20.2 Å². The van der Waals surface area contributed by atoms with Crippen LogP contribution in [0.2, 0.25) is 0 Å². The maximum Gasteiger partial charge on any atom is 0.118 e. The number of aromatic hydroxyl groups is 1. The first-order valence-corrected chi connectivity index (χ1v) is 4.26. The summed E-state index contributed by atoms with van der Waals surface area (Å²) >= 11 is 0. The molecule has 0 bridgehead atoms. The van der Waals surface area contributed by atoms with Crippen molar-refractivity contribution in [1.82, 2.24) is 0 Å². The van der Waals surface area contributed by atoms with E-state index in [1.54, 1.807) is 6.07 Å². The first-order valence-electron chi connectivity index (χ1n) is 4.26. The zero-order chi connectivity index (χ0) is 9.19. The van der Waals surface area contributed by atoms with E-state index in [-0.39, 0.29) is 44.0 Å². The Labute approximate surface area is 111 Å². The Morgan fingerprint density at radius 2 is 1.64 bits per heavy atom. The van der Waals surface area contributed by atoms with Gasteiger partial charge < -0.3 is 5.11 Å². The van der Waals surface area contributed by atoms with Crippen molar-refractivity contribution in [2.45, 2.75) is 27.2 Å². The zero-order valence-electron chi connectivity index (χ0n) is 8.87. The van der Waals surface area contributed by atoms with E-state index >= 15 is 0 Å². The van der Waals surface area contributed by atoms with Crippen LogP contribution in [0.4, 0.5) is 0 Å². The minimum absolute atomic E-state index is 0. The Morgan fingerprint density at radius 1 is 1.14 bits per heavy atom. The summed E-state index contributed by atoms with van der Waals surface area (Å²) in [6.07, 6.45) is 0.916. The zero-order valence-corrected chi connectivity index (χ0v) is 12.1. The van der Waals surface area contributed by atoms with Crippen LogP contribution in [-0.4, -0.2) is 5.11 Å². The van der Waals surface area contributed by atoms with Crippen molar-refractivity contribution in [2.75, 3.05) is 0 Å². The molecule has 0 aliphatic heterocycles. The third-order valence-corrected chi connectivity index (χ3v) is 1.71. The molecule has 0 fully saturated rings. The van der Waals surface area contributed by atoms with E-state index in [9.17, 15) is 5.11 Å². The molecule has 0 aliphatic carbocycles. The summed E-state index contributed by atoms with van der Waals surface area (Å²) in [7, 11) is 0. The quantitative estimate of drug-likeness (QED) is 0.841. The van der Waals surface area contributed by atoms with Gasteiger partial charge in [-0.25, -0.2) is 0 Å². The van der Waals surface area contributed by atoms with Crippen molar-refractivity contribution < 1.29 is 31.3 Å². The van der Waals surface area contributed by atoms with E-state index in [2.05, 4.69) is 20.8 Å². The molecule has 1 aromatic carbocycles. The fourth-order valence-corrected chi connectivity index (χ4v) is 1.23. The van der Waals surface area contributed by atoms with Gasteiger partial charge in [-0.15, -0.1) is 12.4 Å². The Hall–Kier alpha value is 0.193. The van der Waals surface area contributed by atoms with Crippen LogP contribution in [0, 0.1) is 5.41 Å². The molecule has 0 spiro atoms. The van der Waals surface area contributed by atoms with Crippen molar-refractivity contribution in [3.05, 3.63) is 29.8 Å². The number of phenolic OH excluding ortho intramolecular Hbond substituents is 1. The number of para-hydroxylation sites is 1. The smallest absolute Gasteiger partial charge is 0.118 e. The molecule has 1 aromatic rings. The summed E-state index contributed by atoms with van der Waals surface area (Å²) in [6.45, 7) is 6.50. The minimum Gasteiger partial charge on any atom is -0.508 e. The van der Waals surface area contributed by atoms with E-state index < -0.39 is 0 Å². The maximum atomic E-state index is 9.47. The second-order valence-electron chi connectivity index (χ2n) is 4.37. The third kappa shape index (κ3) is 5.83. The van der Waals surface area contributed by atoms with E-state index in [1.807, 2.05) is 18.2 Å². The van der Waals surface area contributed by atoms with Crippen LogP contribution in [-0.2, 0) is 32.6 Å². The Morgan fingerprint density at radius 3 is 2.07 bits per heavy atom. The van der Waals surface area contributed by atoms with Crippen LogP contribution in [0.5, 0.6) is 5.75 Å². The van der Waals surface area contributed by atoms with E-state index in [4.69, 9.17) is 0 Å². The van der Waals surface area contributed by atoms with Crippen molar-refractivity contribution >= 4 is 12.4 Å². The van der Waals surface area contributed by atoms with Gasteiger partial charge in [-0.2, -0.15) is 0 Å². The largest absolute Gasteiger partial charge is 0.508 e. The number of phenols is 1. The molecular formula is C11H17ClOZr. The summed E-state index contributed by atoms with van der Waals surface area (Å²) in [5, 5.41) is 9.47. The van der Waals surface area contributed by atoms with Gasteiger partial charge in [-0.3, -0.25) is 0 Å². The molecule has 0 aliphatic rings. The summed E-state index contributed by atoms with van der Waals surface area (Å²) < 4.78 is 0. The van der Waals surface area contributed by atoms with Gasteiger partial charge >= 0.3 is 0 Å². The second-order valence-corrected chi connectivity index (χ2v) is 4.37. The molecule has 1 nitrogen and oxygen atoms in total.